The standard InChI is InChI=1S/C12H17N3OS2/c1-8(2)13-6-4-10-14-15-12(18-10)11-9(16-3)5-7-17-11/h5,7-8,13H,4,6H2,1-3H3. The van der Waals surface area contributed by atoms with Crippen LogP contribution in [-0.2, 0) is 6.42 Å². The average Bonchev–Trinajstić information content (AvgIpc) is 2.95. The lowest BCUT2D eigenvalue weighted by molar-refractivity contribution is 0.418. The summed E-state index contributed by atoms with van der Waals surface area (Å²) in [5.41, 5.74) is 0. The molecule has 0 aliphatic heterocycles. The van der Waals surface area contributed by atoms with Crippen molar-refractivity contribution in [1.29, 1.82) is 0 Å². The highest BCUT2D eigenvalue weighted by Gasteiger charge is 2.12. The van der Waals surface area contributed by atoms with E-state index in [1.165, 1.54) is 0 Å². The molecule has 2 heterocycles. The van der Waals surface area contributed by atoms with Gasteiger partial charge in [0.05, 0.1) is 7.11 Å². The van der Waals surface area contributed by atoms with Gasteiger partial charge in [-0.3, -0.25) is 0 Å². The minimum absolute atomic E-state index is 0.509. The highest BCUT2D eigenvalue weighted by Crippen LogP contribution is 2.36. The summed E-state index contributed by atoms with van der Waals surface area (Å²) in [5, 5.41) is 15.9. The molecule has 0 aliphatic carbocycles. The Morgan fingerprint density at radius 3 is 2.94 bits per heavy atom. The van der Waals surface area contributed by atoms with Crippen molar-refractivity contribution < 1.29 is 4.74 Å². The van der Waals surface area contributed by atoms with Crippen LogP contribution in [0.15, 0.2) is 11.4 Å². The molecule has 0 aromatic carbocycles. The predicted molar refractivity (Wildman–Crippen MR) is 76.6 cm³/mol. The van der Waals surface area contributed by atoms with Gasteiger partial charge >= 0.3 is 0 Å². The zero-order valence-corrected chi connectivity index (χ0v) is 12.4. The molecule has 2 aromatic rings. The molecule has 18 heavy (non-hydrogen) atoms. The van der Waals surface area contributed by atoms with Gasteiger partial charge in [0, 0.05) is 19.0 Å². The minimum Gasteiger partial charge on any atom is -0.495 e. The SMILES string of the molecule is COc1ccsc1-c1nnc(CCNC(C)C)s1. The fourth-order valence-corrected chi connectivity index (χ4v) is 3.32. The lowest BCUT2D eigenvalue weighted by Crippen LogP contribution is -2.24. The van der Waals surface area contributed by atoms with E-state index in [1.54, 1.807) is 29.8 Å². The number of aromatic nitrogens is 2. The summed E-state index contributed by atoms with van der Waals surface area (Å²) < 4.78 is 5.30. The maximum absolute atomic E-state index is 5.30. The van der Waals surface area contributed by atoms with Gasteiger partial charge in [0.1, 0.15) is 15.6 Å². The number of ether oxygens (including phenoxy) is 1. The molecule has 2 aromatic heterocycles. The lowest BCUT2D eigenvalue weighted by atomic mass is 10.3. The van der Waals surface area contributed by atoms with Gasteiger partial charge in [-0.1, -0.05) is 25.2 Å². The van der Waals surface area contributed by atoms with Crippen LogP contribution < -0.4 is 10.1 Å². The van der Waals surface area contributed by atoms with E-state index >= 15 is 0 Å². The summed E-state index contributed by atoms with van der Waals surface area (Å²) in [6.45, 7) is 5.22. The molecule has 0 spiro atoms. The monoisotopic (exact) mass is 283 g/mol. The molecule has 0 saturated carbocycles. The molecule has 1 N–H and O–H groups in total. The zero-order valence-electron chi connectivity index (χ0n) is 10.8. The van der Waals surface area contributed by atoms with Crippen LogP contribution in [0.5, 0.6) is 5.75 Å². The first-order valence-electron chi connectivity index (χ1n) is 5.88. The first-order chi connectivity index (χ1) is 8.70. The molecule has 0 amide bonds. The number of nitrogens with zero attached hydrogens (tertiary/aromatic N) is 2. The largest absolute Gasteiger partial charge is 0.495 e. The number of methoxy groups -OCH3 is 1. The molecule has 0 bridgehead atoms. The molecule has 2 rings (SSSR count). The summed E-state index contributed by atoms with van der Waals surface area (Å²) in [5.74, 6) is 0.878. The van der Waals surface area contributed by atoms with Crippen LogP contribution in [0.4, 0.5) is 0 Å². The van der Waals surface area contributed by atoms with E-state index in [4.69, 9.17) is 4.74 Å². The third-order valence-corrected chi connectivity index (χ3v) is 4.43. The van der Waals surface area contributed by atoms with Gasteiger partial charge < -0.3 is 10.1 Å². The molecular weight excluding hydrogens is 266 g/mol. The van der Waals surface area contributed by atoms with Gasteiger partial charge in [-0.05, 0) is 11.4 Å². The Bertz CT molecular complexity index is 493. The van der Waals surface area contributed by atoms with E-state index in [0.29, 0.717) is 6.04 Å². The van der Waals surface area contributed by atoms with Gasteiger partial charge in [0.15, 0.2) is 5.01 Å². The van der Waals surface area contributed by atoms with Crippen LogP contribution in [0.2, 0.25) is 0 Å². The van der Waals surface area contributed by atoms with E-state index in [9.17, 15) is 0 Å². The second kappa shape index (κ2) is 6.26. The van der Waals surface area contributed by atoms with E-state index in [0.717, 1.165) is 33.6 Å². The molecule has 6 heteroatoms. The average molecular weight is 283 g/mol. The number of rotatable bonds is 6. The lowest BCUT2D eigenvalue weighted by Gasteiger charge is -2.05. The Hall–Kier alpha value is -0.980. The molecule has 0 unspecified atom stereocenters. The van der Waals surface area contributed by atoms with Gasteiger partial charge in [-0.25, -0.2) is 0 Å². The predicted octanol–water partition coefficient (Wildman–Crippen LogP) is 2.82. The number of thiophene rings is 1. The summed E-state index contributed by atoms with van der Waals surface area (Å²) in [6, 6.07) is 2.47. The molecule has 0 radical (unpaired) electrons. The van der Waals surface area contributed by atoms with Crippen molar-refractivity contribution in [3.8, 4) is 15.6 Å². The van der Waals surface area contributed by atoms with Crippen molar-refractivity contribution in [2.24, 2.45) is 0 Å². The van der Waals surface area contributed by atoms with Crippen molar-refractivity contribution in [3.05, 3.63) is 16.5 Å². The normalized spacial score (nSPS) is 11.1. The quantitative estimate of drug-likeness (QED) is 0.885. The van der Waals surface area contributed by atoms with E-state index in [1.807, 2.05) is 11.4 Å². The maximum Gasteiger partial charge on any atom is 0.161 e. The maximum atomic E-state index is 5.30. The molecule has 0 aliphatic rings. The summed E-state index contributed by atoms with van der Waals surface area (Å²) in [4.78, 5) is 1.07. The second-order valence-corrected chi connectivity index (χ2v) is 6.16. The first-order valence-corrected chi connectivity index (χ1v) is 7.58. The summed E-state index contributed by atoms with van der Waals surface area (Å²) in [6.07, 6.45) is 0.920. The molecule has 98 valence electrons. The first kappa shape index (κ1) is 13.5. The van der Waals surface area contributed by atoms with Crippen molar-refractivity contribution in [1.82, 2.24) is 15.5 Å². The highest BCUT2D eigenvalue weighted by molar-refractivity contribution is 7.21. The van der Waals surface area contributed by atoms with Crippen LogP contribution in [-0.4, -0.2) is 29.9 Å². The fourth-order valence-electron chi connectivity index (χ4n) is 1.53. The fraction of sp³-hybridized carbons (Fsp3) is 0.500. The van der Waals surface area contributed by atoms with Crippen LogP contribution in [0.25, 0.3) is 9.88 Å². The highest BCUT2D eigenvalue weighted by atomic mass is 32.1. The Balaban J connectivity index is 2.02. The van der Waals surface area contributed by atoms with Gasteiger partial charge in [-0.2, -0.15) is 0 Å². The smallest absolute Gasteiger partial charge is 0.161 e. The van der Waals surface area contributed by atoms with Gasteiger partial charge in [-0.15, -0.1) is 21.5 Å². The van der Waals surface area contributed by atoms with Crippen molar-refractivity contribution in [3.63, 3.8) is 0 Å². The third kappa shape index (κ3) is 3.28. The Labute approximate surface area is 115 Å². The summed E-state index contributed by atoms with van der Waals surface area (Å²) >= 11 is 3.28. The molecule has 0 atom stereocenters. The minimum atomic E-state index is 0.509. The number of hydrogen-bond acceptors (Lipinski definition) is 6. The van der Waals surface area contributed by atoms with Crippen LogP contribution in [0.1, 0.15) is 18.9 Å². The molecule has 4 nitrogen and oxygen atoms in total. The van der Waals surface area contributed by atoms with Crippen LogP contribution >= 0.6 is 22.7 Å². The molecule has 0 saturated heterocycles. The Morgan fingerprint density at radius 2 is 2.22 bits per heavy atom. The van der Waals surface area contributed by atoms with Crippen molar-refractivity contribution >= 4 is 22.7 Å². The zero-order chi connectivity index (χ0) is 13.0. The van der Waals surface area contributed by atoms with Crippen LogP contribution in [0.3, 0.4) is 0 Å². The number of nitrogens with one attached hydrogen (secondary N) is 1. The van der Waals surface area contributed by atoms with Crippen LogP contribution in [0, 0.1) is 0 Å². The second-order valence-electron chi connectivity index (χ2n) is 4.18. The van der Waals surface area contributed by atoms with Gasteiger partial charge in [0.25, 0.3) is 0 Å². The third-order valence-electron chi connectivity index (χ3n) is 2.40. The van der Waals surface area contributed by atoms with E-state index < -0.39 is 0 Å². The molecular formula is C12H17N3OS2. The molecule has 0 fully saturated rings. The van der Waals surface area contributed by atoms with Gasteiger partial charge in [0.2, 0.25) is 0 Å². The Morgan fingerprint density at radius 1 is 1.39 bits per heavy atom. The summed E-state index contributed by atoms with van der Waals surface area (Å²) in [7, 11) is 1.68. The van der Waals surface area contributed by atoms with Crippen molar-refractivity contribution in [2.45, 2.75) is 26.3 Å². The van der Waals surface area contributed by atoms with E-state index in [-0.39, 0.29) is 0 Å². The Kier molecular flexibility index (Phi) is 4.68. The topological polar surface area (TPSA) is 47.0 Å². The van der Waals surface area contributed by atoms with E-state index in [2.05, 4.69) is 29.4 Å². The van der Waals surface area contributed by atoms with Crippen molar-refractivity contribution in [2.75, 3.05) is 13.7 Å². The number of hydrogen-bond donors (Lipinski definition) is 1.